The Hall–Kier alpha value is -1.51. The molecule has 0 spiro atoms. The minimum absolute atomic E-state index is 0.0497. The Morgan fingerprint density at radius 3 is 2.77 bits per heavy atom. The van der Waals surface area contributed by atoms with Crippen LogP contribution in [0.4, 0.5) is 5.69 Å². The summed E-state index contributed by atoms with van der Waals surface area (Å²) in [5.74, 6) is -0.739. The number of carbonyl (C=O) groups is 1. The zero-order valence-electron chi connectivity index (χ0n) is 7.32. The van der Waals surface area contributed by atoms with Crippen LogP contribution in [-0.2, 0) is 4.79 Å². The molecule has 2 atom stereocenters. The monoisotopic (exact) mass is 177 g/mol. The first-order valence-electron chi connectivity index (χ1n) is 4.28. The Morgan fingerprint density at radius 1 is 1.46 bits per heavy atom. The highest BCUT2D eigenvalue weighted by molar-refractivity contribution is 5.82. The van der Waals surface area contributed by atoms with E-state index in [0.29, 0.717) is 0 Å². The molecule has 13 heavy (non-hydrogen) atoms. The molecule has 1 heterocycles. The van der Waals surface area contributed by atoms with Crippen LogP contribution in [0, 0.1) is 0 Å². The summed E-state index contributed by atoms with van der Waals surface area (Å²) in [7, 11) is 0. The fraction of sp³-hybridized carbons (Fsp3) is 0.300. The predicted octanol–water partition coefficient (Wildman–Crippen LogP) is 1.67. The van der Waals surface area contributed by atoms with Gasteiger partial charge in [-0.05, 0) is 11.6 Å². The molecular formula is C10H11NO2. The van der Waals surface area contributed by atoms with E-state index in [9.17, 15) is 4.79 Å². The lowest BCUT2D eigenvalue weighted by molar-refractivity contribution is -0.138. The number of fused-ring (bicyclic) bond motifs is 1. The van der Waals surface area contributed by atoms with E-state index in [2.05, 4.69) is 5.32 Å². The Bertz CT molecular complexity index is 349. The van der Waals surface area contributed by atoms with Gasteiger partial charge in [0.2, 0.25) is 0 Å². The highest BCUT2D eigenvalue weighted by Gasteiger charge is 2.33. The molecule has 0 amide bonds. The summed E-state index contributed by atoms with van der Waals surface area (Å²) >= 11 is 0. The number of aliphatic carboxylic acids is 1. The topological polar surface area (TPSA) is 49.3 Å². The molecule has 2 N–H and O–H groups in total. The van der Waals surface area contributed by atoms with E-state index < -0.39 is 12.0 Å². The predicted molar refractivity (Wildman–Crippen MR) is 49.9 cm³/mol. The molecule has 0 saturated carbocycles. The van der Waals surface area contributed by atoms with E-state index in [1.165, 1.54) is 0 Å². The molecule has 0 radical (unpaired) electrons. The summed E-state index contributed by atoms with van der Waals surface area (Å²) in [5, 5.41) is 11.9. The molecular weight excluding hydrogens is 166 g/mol. The normalized spacial score (nSPS) is 25.0. The molecule has 1 aromatic carbocycles. The molecule has 3 heteroatoms. The number of hydrogen-bond acceptors (Lipinski definition) is 2. The molecule has 2 unspecified atom stereocenters. The molecule has 0 aromatic heterocycles. The van der Waals surface area contributed by atoms with Gasteiger partial charge in [0.25, 0.3) is 0 Å². The van der Waals surface area contributed by atoms with Crippen molar-refractivity contribution in [2.75, 3.05) is 5.32 Å². The van der Waals surface area contributed by atoms with Gasteiger partial charge in [0.1, 0.15) is 6.04 Å². The van der Waals surface area contributed by atoms with Crippen molar-refractivity contribution in [1.29, 1.82) is 0 Å². The van der Waals surface area contributed by atoms with Gasteiger partial charge in [-0.25, -0.2) is 4.79 Å². The molecule has 68 valence electrons. The lowest BCUT2D eigenvalue weighted by Gasteiger charge is -2.09. The number of benzene rings is 1. The zero-order valence-corrected chi connectivity index (χ0v) is 7.32. The molecule has 1 aliphatic heterocycles. The summed E-state index contributed by atoms with van der Waals surface area (Å²) in [4.78, 5) is 10.8. The van der Waals surface area contributed by atoms with Crippen LogP contribution >= 0.6 is 0 Å². The first-order chi connectivity index (χ1) is 6.20. The van der Waals surface area contributed by atoms with Gasteiger partial charge in [-0.2, -0.15) is 0 Å². The number of nitrogens with one attached hydrogen (secondary N) is 1. The summed E-state index contributed by atoms with van der Waals surface area (Å²) in [6, 6.07) is 7.24. The maximum absolute atomic E-state index is 10.8. The van der Waals surface area contributed by atoms with Crippen molar-refractivity contribution in [1.82, 2.24) is 0 Å². The second-order valence-electron chi connectivity index (χ2n) is 3.34. The smallest absolute Gasteiger partial charge is 0.326 e. The first-order valence-corrected chi connectivity index (χ1v) is 4.28. The Kier molecular flexibility index (Phi) is 1.72. The molecule has 0 fully saturated rings. The number of carboxylic acid groups (broad SMARTS) is 1. The molecule has 1 aromatic rings. The summed E-state index contributed by atoms with van der Waals surface area (Å²) in [6.45, 7) is 1.93. The zero-order chi connectivity index (χ0) is 9.42. The van der Waals surface area contributed by atoms with Crippen molar-refractivity contribution < 1.29 is 9.90 Å². The lowest BCUT2D eigenvalue weighted by Crippen LogP contribution is -2.28. The Labute approximate surface area is 76.4 Å². The maximum atomic E-state index is 10.8. The average Bonchev–Trinajstić information content (AvgIpc) is 2.45. The fourth-order valence-electron chi connectivity index (χ4n) is 1.77. The van der Waals surface area contributed by atoms with Crippen molar-refractivity contribution in [3.63, 3.8) is 0 Å². The van der Waals surface area contributed by atoms with Crippen LogP contribution in [0.5, 0.6) is 0 Å². The van der Waals surface area contributed by atoms with Gasteiger partial charge in [-0.3, -0.25) is 0 Å². The van der Waals surface area contributed by atoms with E-state index in [0.717, 1.165) is 11.3 Å². The van der Waals surface area contributed by atoms with Crippen LogP contribution in [0.2, 0.25) is 0 Å². The van der Waals surface area contributed by atoms with Gasteiger partial charge in [0, 0.05) is 11.6 Å². The number of rotatable bonds is 1. The van der Waals surface area contributed by atoms with Crippen LogP contribution in [0.25, 0.3) is 0 Å². The highest BCUT2D eigenvalue weighted by Crippen LogP contribution is 2.35. The second-order valence-corrected chi connectivity index (χ2v) is 3.34. The van der Waals surface area contributed by atoms with E-state index >= 15 is 0 Å². The minimum Gasteiger partial charge on any atom is -0.480 e. The second kappa shape index (κ2) is 2.76. The average molecular weight is 177 g/mol. The molecule has 0 saturated heterocycles. The van der Waals surface area contributed by atoms with E-state index in [1.807, 2.05) is 31.2 Å². The number of carboxylic acids is 1. The number of para-hydroxylation sites is 1. The SMILES string of the molecule is CC1c2ccccc2NC1C(=O)O. The van der Waals surface area contributed by atoms with Crippen LogP contribution < -0.4 is 5.32 Å². The summed E-state index contributed by atoms with van der Waals surface area (Å²) < 4.78 is 0. The molecule has 0 aliphatic carbocycles. The molecule has 0 bridgehead atoms. The van der Waals surface area contributed by atoms with Gasteiger partial charge in [-0.15, -0.1) is 0 Å². The van der Waals surface area contributed by atoms with E-state index in [-0.39, 0.29) is 5.92 Å². The van der Waals surface area contributed by atoms with Crippen molar-refractivity contribution in [2.45, 2.75) is 18.9 Å². The lowest BCUT2D eigenvalue weighted by atomic mass is 9.98. The van der Waals surface area contributed by atoms with Gasteiger partial charge < -0.3 is 10.4 Å². The highest BCUT2D eigenvalue weighted by atomic mass is 16.4. The van der Waals surface area contributed by atoms with Crippen LogP contribution in [0.3, 0.4) is 0 Å². The van der Waals surface area contributed by atoms with E-state index in [4.69, 9.17) is 5.11 Å². The molecule has 2 rings (SSSR count). The van der Waals surface area contributed by atoms with Gasteiger partial charge in [-0.1, -0.05) is 25.1 Å². The molecule has 3 nitrogen and oxygen atoms in total. The number of hydrogen-bond donors (Lipinski definition) is 2. The Morgan fingerprint density at radius 2 is 2.15 bits per heavy atom. The van der Waals surface area contributed by atoms with Crippen LogP contribution in [0.1, 0.15) is 18.4 Å². The largest absolute Gasteiger partial charge is 0.480 e. The van der Waals surface area contributed by atoms with Crippen LogP contribution in [0.15, 0.2) is 24.3 Å². The van der Waals surface area contributed by atoms with Crippen molar-refractivity contribution in [3.8, 4) is 0 Å². The summed E-state index contributed by atoms with van der Waals surface area (Å²) in [5.41, 5.74) is 2.04. The molecule has 1 aliphatic rings. The van der Waals surface area contributed by atoms with Gasteiger partial charge in [0.05, 0.1) is 0 Å². The number of anilines is 1. The van der Waals surface area contributed by atoms with Crippen molar-refractivity contribution in [2.24, 2.45) is 0 Å². The van der Waals surface area contributed by atoms with Gasteiger partial charge in [0.15, 0.2) is 0 Å². The maximum Gasteiger partial charge on any atom is 0.326 e. The van der Waals surface area contributed by atoms with Gasteiger partial charge >= 0.3 is 5.97 Å². The van der Waals surface area contributed by atoms with Crippen LogP contribution in [-0.4, -0.2) is 17.1 Å². The van der Waals surface area contributed by atoms with Crippen molar-refractivity contribution in [3.05, 3.63) is 29.8 Å². The summed E-state index contributed by atoms with van der Waals surface area (Å²) in [6.07, 6.45) is 0. The fourth-order valence-corrected chi connectivity index (χ4v) is 1.77. The quantitative estimate of drug-likeness (QED) is 0.686. The van der Waals surface area contributed by atoms with E-state index in [1.54, 1.807) is 0 Å². The first kappa shape index (κ1) is 8.10. The third kappa shape index (κ3) is 1.16. The van der Waals surface area contributed by atoms with Crippen molar-refractivity contribution >= 4 is 11.7 Å². The Balaban J connectivity index is 2.38. The standard InChI is InChI=1S/C10H11NO2/c1-6-7-4-2-3-5-8(7)11-9(6)10(12)13/h2-6,9,11H,1H3,(H,12,13). The third-order valence-electron chi connectivity index (χ3n) is 2.53. The third-order valence-corrected chi connectivity index (χ3v) is 2.53. The minimum atomic E-state index is -0.788.